The first-order chi connectivity index (χ1) is 5.83. The lowest BCUT2D eigenvalue weighted by molar-refractivity contribution is 0.699. The summed E-state index contributed by atoms with van der Waals surface area (Å²) >= 11 is 0. The Labute approximate surface area is 67.1 Å². The van der Waals surface area contributed by atoms with Crippen molar-refractivity contribution in [3.63, 3.8) is 0 Å². The number of hydrogen-bond donors (Lipinski definition) is 2. The minimum absolute atomic E-state index is 0.0913. The third kappa shape index (κ3) is 0.817. The van der Waals surface area contributed by atoms with Gasteiger partial charge in [0, 0.05) is 0 Å². The number of imidazole rings is 1. The van der Waals surface area contributed by atoms with Crippen molar-refractivity contribution in [1.82, 2.24) is 19.5 Å². The SMILES string of the molecule is NCn1c(=O)ncc2[nH]cnc21. The summed E-state index contributed by atoms with van der Waals surface area (Å²) < 4.78 is 1.30. The zero-order valence-electron chi connectivity index (χ0n) is 6.19. The molecule has 0 fully saturated rings. The summed E-state index contributed by atoms with van der Waals surface area (Å²) in [7, 11) is 0. The van der Waals surface area contributed by atoms with Crippen LogP contribution in [0, 0.1) is 0 Å². The van der Waals surface area contributed by atoms with Gasteiger partial charge in [-0.05, 0) is 0 Å². The smallest absolute Gasteiger partial charge is 0.342 e. The van der Waals surface area contributed by atoms with Gasteiger partial charge in [0.2, 0.25) is 0 Å². The van der Waals surface area contributed by atoms with Crippen molar-refractivity contribution in [1.29, 1.82) is 0 Å². The molecule has 2 heterocycles. The third-order valence-corrected chi connectivity index (χ3v) is 1.62. The average molecular weight is 165 g/mol. The van der Waals surface area contributed by atoms with E-state index in [1.165, 1.54) is 17.1 Å². The van der Waals surface area contributed by atoms with Crippen LogP contribution in [0.25, 0.3) is 11.2 Å². The van der Waals surface area contributed by atoms with Gasteiger partial charge >= 0.3 is 5.69 Å². The fraction of sp³-hybridized carbons (Fsp3) is 0.167. The monoisotopic (exact) mass is 165 g/mol. The van der Waals surface area contributed by atoms with Crippen LogP contribution in [-0.2, 0) is 6.67 Å². The molecule has 0 spiro atoms. The Morgan fingerprint density at radius 2 is 2.42 bits per heavy atom. The maximum absolute atomic E-state index is 11.1. The fourth-order valence-electron chi connectivity index (χ4n) is 1.05. The summed E-state index contributed by atoms with van der Waals surface area (Å²) in [5.41, 5.74) is 6.22. The third-order valence-electron chi connectivity index (χ3n) is 1.62. The topological polar surface area (TPSA) is 89.6 Å². The predicted octanol–water partition coefficient (Wildman–Crippen LogP) is -0.964. The first-order valence-corrected chi connectivity index (χ1v) is 3.42. The van der Waals surface area contributed by atoms with Crippen LogP contribution in [0.3, 0.4) is 0 Å². The number of hydrogen-bond acceptors (Lipinski definition) is 4. The molecule has 0 saturated heterocycles. The molecule has 0 aliphatic rings. The molecule has 0 aliphatic carbocycles. The number of nitrogens with one attached hydrogen (secondary N) is 1. The zero-order valence-corrected chi connectivity index (χ0v) is 6.19. The summed E-state index contributed by atoms with van der Waals surface area (Å²) in [6.45, 7) is 0.0913. The minimum Gasteiger partial charge on any atom is -0.342 e. The summed E-state index contributed by atoms with van der Waals surface area (Å²) in [6.07, 6.45) is 2.94. The Balaban J connectivity index is 2.92. The van der Waals surface area contributed by atoms with E-state index in [2.05, 4.69) is 15.0 Å². The molecule has 0 atom stereocenters. The fourth-order valence-corrected chi connectivity index (χ4v) is 1.05. The highest BCUT2D eigenvalue weighted by Gasteiger charge is 2.02. The Bertz CT molecular complexity index is 456. The first-order valence-electron chi connectivity index (χ1n) is 3.42. The van der Waals surface area contributed by atoms with Crippen LogP contribution in [0.15, 0.2) is 17.3 Å². The molecule has 0 aliphatic heterocycles. The molecule has 0 unspecified atom stereocenters. The van der Waals surface area contributed by atoms with Gasteiger partial charge in [0.15, 0.2) is 5.65 Å². The maximum Gasteiger partial charge on any atom is 0.350 e. The zero-order chi connectivity index (χ0) is 8.55. The lowest BCUT2D eigenvalue weighted by atomic mass is 10.5. The molecule has 3 N–H and O–H groups in total. The second-order valence-corrected chi connectivity index (χ2v) is 2.29. The Morgan fingerprint density at radius 1 is 1.58 bits per heavy atom. The highest BCUT2D eigenvalue weighted by Crippen LogP contribution is 2.01. The van der Waals surface area contributed by atoms with Crippen molar-refractivity contribution in [2.24, 2.45) is 5.73 Å². The summed E-state index contributed by atoms with van der Waals surface area (Å²) in [5, 5.41) is 0. The van der Waals surface area contributed by atoms with E-state index in [1.54, 1.807) is 0 Å². The lowest BCUT2D eigenvalue weighted by Crippen LogP contribution is -2.26. The van der Waals surface area contributed by atoms with Crippen LogP contribution in [0.1, 0.15) is 0 Å². The lowest BCUT2D eigenvalue weighted by Gasteiger charge is -1.99. The Morgan fingerprint density at radius 3 is 3.17 bits per heavy atom. The highest BCUT2D eigenvalue weighted by atomic mass is 16.1. The molecule has 0 bridgehead atoms. The van der Waals surface area contributed by atoms with Crippen LogP contribution in [-0.4, -0.2) is 19.5 Å². The van der Waals surface area contributed by atoms with Gasteiger partial charge in [-0.3, -0.25) is 4.57 Å². The van der Waals surface area contributed by atoms with Crippen LogP contribution >= 0.6 is 0 Å². The molecular formula is C6H7N5O. The van der Waals surface area contributed by atoms with E-state index in [4.69, 9.17) is 5.73 Å². The van der Waals surface area contributed by atoms with Gasteiger partial charge in [-0.25, -0.2) is 9.78 Å². The predicted molar refractivity (Wildman–Crippen MR) is 42.3 cm³/mol. The van der Waals surface area contributed by atoms with E-state index in [0.717, 1.165) is 0 Å². The van der Waals surface area contributed by atoms with E-state index in [1.807, 2.05) is 0 Å². The van der Waals surface area contributed by atoms with E-state index in [-0.39, 0.29) is 12.4 Å². The molecule has 0 amide bonds. The molecule has 12 heavy (non-hydrogen) atoms. The van der Waals surface area contributed by atoms with Gasteiger partial charge in [-0.2, -0.15) is 4.98 Å². The molecule has 2 aromatic heterocycles. The normalized spacial score (nSPS) is 10.8. The summed E-state index contributed by atoms with van der Waals surface area (Å²) in [6, 6.07) is 0. The highest BCUT2D eigenvalue weighted by molar-refractivity contribution is 5.68. The Hall–Kier alpha value is -1.69. The van der Waals surface area contributed by atoms with Crippen molar-refractivity contribution in [2.75, 3.05) is 0 Å². The quantitative estimate of drug-likeness (QED) is 0.569. The number of aromatic amines is 1. The summed E-state index contributed by atoms with van der Waals surface area (Å²) in [4.78, 5) is 21.5. The van der Waals surface area contributed by atoms with Crippen molar-refractivity contribution in [3.05, 3.63) is 23.0 Å². The molecule has 0 radical (unpaired) electrons. The molecular weight excluding hydrogens is 158 g/mol. The molecule has 6 nitrogen and oxygen atoms in total. The van der Waals surface area contributed by atoms with Crippen molar-refractivity contribution < 1.29 is 0 Å². The second-order valence-electron chi connectivity index (χ2n) is 2.29. The molecule has 2 aromatic rings. The molecule has 62 valence electrons. The van der Waals surface area contributed by atoms with E-state index >= 15 is 0 Å². The van der Waals surface area contributed by atoms with Gasteiger partial charge in [0.05, 0.1) is 19.2 Å². The maximum atomic E-state index is 11.1. The Kier molecular flexibility index (Phi) is 1.41. The van der Waals surface area contributed by atoms with Gasteiger partial charge < -0.3 is 10.7 Å². The number of nitrogens with two attached hydrogens (primary N) is 1. The van der Waals surface area contributed by atoms with Gasteiger partial charge in [0.1, 0.15) is 5.52 Å². The molecule has 0 saturated carbocycles. The first kappa shape index (κ1) is 6.99. The average Bonchev–Trinajstić information content (AvgIpc) is 2.52. The van der Waals surface area contributed by atoms with E-state index in [0.29, 0.717) is 11.2 Å². The van der Waals surface area contributed by atoms with E-state index in [9.17, 15) is 4.79 Å². The number of fused-ring (bicyclic) bond motifs is 1. The molecule has 2 rings (SSSR count). The number of rotatable bonds is 1. The summed E-state index contributed by atoms with van der Waals surface area (Å²) in [5.74, 6) is 0. The number of H-pyrrole nitrogens is 1. The minimum atomic E-state index is -0.378. The van der Waals surface area contributed by atoms with Crippen molar-refractivity contribution in [3.8, 4) is 0 Å². The van der Waals surface area contributed by atoms with E-state index < -0.39 is 0 Å². The van der Waals surface area contributed by atoms with Gasteiger partial charge in [-0.15, -0.1) is 0 Å². The van der Waals surface area contributed by atoms with Crippen LogP contribution < -0.4 is 11.4 Å². The van der Waals surface area contributed by atoms with Gasteiger partial charge in [0.25, 0.3) is 0 Å². The van der Waals surface area contributed by atoms with Crippen molar-refractivity contribution >= 4 is 11.2 Å². The van der Waals surface area contributed by atoms with Crippen LogP contribution in [0.2, 0.25) is 0 Å². The van der Waals surface area contributed by atoms with Crippen LogP contribution in [0.5, 0.6) is 0 Å². The number of nitrogens with zero attached hydrogens (tertiary/aromatic N) is 3. The van der Waals surface area contributed by atoms with Crippen molar-refractivity contribution in [2.45, 2.75) is 6.67 Å². The largest absolute Gasteiger partial charge is 0.350 e. The molecule has 6 heteroatoms. The standard InChI is InChI=1S/C6H7N5O/c7-2-11-5-4(9-3-10-5)1-8-6(11)12/h1,3H,2,7H2,(H,9,10). The van der Waals surface area contributed by atoms with Gasteiger partial charge in [-0.1, -0.05) is 0 Å². The number of aromatic nitrogens is 4. The van der Waals surface area contributed by atoms with Crippen LogP contribution in [0.4, 0.5) is 0 Å². The second kappa shape index (κ2) is 2.42. The molecule has 0 aromatic carbocycles.